The van der Waals surface area contributed by atoms with Crippen LogP contribution >= 0.6 is 0 Å². The number of para-hydroxylation sites is 1. The summed E-state index contributed by atoms with van der Waals surface area (Å²) in [6, 6.07) is 13.3. The van der Waals surface area contributed by atoms with Gasteiger partial charge >= 0.3 is 0 Å². The van der Waals surface area contributed by atoms with Gasteiger partial charge in [-0.25, -0.2) is 0 Å². The van der Waals surface area contributed by atoms with Crippen molar-refractivity contribution < 1.29 is 5.11 Å². The molecule has 20 heavy (non-hydrogen) atoms. The van der Waals surface area contributed by atoms with Crippen LogP contribution in [0.25, 0.3) is 0 Å². The first-order valence-electron chi connectivity index (χ1n) is 6.54. The van der Waals surface area contributed by atoms with Crippen molar-refractivity contribution >= 4 is 11.4 Å². The molecule has 0 aliphatic carbocycles. The lowest BCUT2D eigenvalue weighted by Crippen LogP contribution is -2.11. The number of rotatable bonds is 4. The van der Waals surface area contributed by atoms with E-state index >= 15 is 0 Å². The van der Waals surface area contributed by atoms with E-state index in [4.69, 9.17) is 5.26 Å². The highest BCUT2D eigenvalue weighted by Crippen LogP contribution is 2.26. The molecule has 1 N–H and O–H groups in total. The van der Waals surface area contributed by atoms with Gasteiger partial charge in [-0.05, 0) is 30.7 Å². The molecule has 1 aromatic carbocycles. The van der Waals surface area contributed by atoms with Gasteiger partial charge in [-0.2, -0.15) is 5.26 Å². The highest BCUT2D eigenvalue weighted by molar-refractivity contribution is 5.68. The van der Waals surface area contributed by atoms with Gasteiger partial charge in [0, 0.05) is 7.05 Å². The Balaban J connectivity index is 2.30. The average molecular weight is 267 g/mol. The zero-order valence-corrected chi connectivity index (χ0v) is 11.6. The molecule has 0 radical (unpaired) electrons. The molecule has 0 saturated carbocycles. The first-order valence-corrected chi connectivity index (χ1v) is 6.54. The molecule has 0 unspecified atom stereocenters. The molecule has 4 heteroatoms. The van der Waals surface area contributed by atoms with Crippen LogP contribution in [0.5, 0.6) is 0 Å². The summed E-state index contributed by atoms with van der Waals surface area (Å²) in [5, 5.41) is 18.9. The Morgan fingerprint density at radius 3 is 2.65 bits per heavy atom. The lowest BCUT2D eigenvalue weighted by molar-refractivity contribution is 0.169. The molecule has 4 nitrogen and oxygen atoms in total. The summed E-state index contributed by atoms with van der Waals surface area (Å²) in [4.78, 5) is 6.19. The number of anilines is 2. The summed E-state index contributed by atoms with van der Waals surface area (Å²) in [5.74, 6) is 0. The van der Waals surface area contributed by atoms with Crippen LogP contribution in [0.4, 0.5) is 11.4 Å². The molecule has 0 aliphatic heterocycles. The Morgan fingerprint density at radius 2 is 2.05 bits per heavy atom. The van der Waals surface area contributed by atoms with E-state index in [1.54, 1.807) is 12.3 Å². The van der Waals surface area contributed by atoms with Gasteiger partial charge in [0.25, 0.3) is 0 Å². The van der Waals surface area contributed by atoms with Crippen LogP contribution in [-0.4, -0.2) is 17.1 Å². The zero-order valence-electron chi connectivity index (χ0n) is 11.6. The van der Waals surface area contributed by atoms with Crippen molar-refractivity contribution in [1.82, 2.24) is 4.98 Å². The molecule has 2 rings (SSSR count). The van der Waals surface area contributed by atoms with Crippen LogP contribution in [0.15, 0.2) is 42.6 Å². The van der Waals surface area contributed by atoms with E-state index in [0.717, 1.165) is 11.4 Å². The van der Waals surface area contributed by atoms with Gasteiger partial charge in [0.2, 0.25) is 0 Å². The zero-order chi connectivity index (χ0) is 14.5. The van der Waals surface area contributed by atoms with Gasteiger partial charge in [0.15, 0.2) is 0 Å². The lowest BCUT2D eigenvalue weighted by atomic mass is 10.1. The summed E-state index contributed by atoms with van der Waals surface area (Å²) in [6.45, 7) is 1.91. The largest absolute Gasteiger partial charge is 0.387 e. The second-order valence-electron chi connectivity index (χ2n) is 4.55. The molecule has 0 saturated heterocycles. The lowest BCUT2D eigenvalue weighted by Gasteiger charge is -2.20. The van der Waals surface area contributed by atoms with Gasteiger partial charge in [-0.1, -0.05) is 19.1 Å². The summed E-state index contributed by atoms with van der Waals surface area (Å²) in [7, 11) is 1.89. The van der Waals surface area contributed by atoms with Gasteiger partial charge in [-0.3, -0.25) is 4.98 Å². The SMILES string of the molecule is CC[C@H](O)c1ccc(N(C)c2ccccc2C#N)cn1. The third-order valence-corrected chi connectivity index (χ3v) is 3.27. The van der Waals surface area contributed by atoms with Crippen molar-refractivity contribution in [3.8, 4) is 6.07 Å². The van der Waals surface area contributed by atoms with E-state index in [-0.39, 0.29) is 0 Å². The number of aliphatic hydroxyl groups is 1. The van der Waals surface area contributed by atoms with Crippen LogP contribution in [0.1, 0.15) is 30.7 Å². The van der Waals surface area contributed by atoms with Gasteiger partial charge in [0.05, 0.1) is 34.9 Å². The smallest absolute Gasteiger partial charge is 0.101 e. The first kappa shape index (κ1) is 14.0. The third kappa shape index (κ3) is 2.79. The molecule has 102 valence electrons. The fourth-order valence-electron chi connectivity index (χ4n) is 2.00. The van der Waals surface area contributed by atoms with Crippen molar-refractivity contribution in [1.29, 1.82) is 5.26 Å². The van der Waals surface area contributed by atoms with E-state index in [0.29, 0.717) is 17.7 Å². The normalized spacial score (nSPS) is 11.7. The number of nitriles is 1. The Bertz CT molecular complexity index is 616. The summed E-state index contributed by atoms with van der Waals surface area (Å²) in [5.41, 5.74) is 2.99. The van der Waals surface area contributed by atoms with E-state index < -0.39 is 6.10 Å². The summed E-state index contributed by atoms with van der Waals surface area (Å²) >= 11 is 0. The third-order valence-electron chi connectivity index (χ3n) is 3.27. The highest BCUT2D eigenvalue weighted by Gasteiger charge is 2.11. The standard InChI is InChI=1S/C16H17N3O/c1-3-16(20)14-9-8-13(11-18-14)19(2)15-7-5-4-6-12(15)10-17/h4-9,11,16,20H,3H2,1-2H3/t16-/m0/s1. The Morgan fingerprint density at radius 1 is 1.30 bits per heavy atom. The molecule has 2 aromatic rings. The van der Waals surface area contributed by atoms with Crippen LogP contribution in [0.3, 0.4) is 0 Å². The van der Waals surface area contributed by atoms with E-state index in [9.17, 15) is 5.11 Å². The fraction of sp³-hybridized carbons (Fsp3) is 0.250. The molecule has 0 fully saturated rings. The van der Waals surface area contributed by atoms with Crippen LogP contribution in [-0.2, 0) is 0 Å². The maximum Gasteiger partial charge on any atom is 0.101 e. The molecule has 1 aromatic heterocycles. The van der Waals surface area contributed by atoms with Gasteiger partial charge in [-0.15, -0.1) is 0 Å². The first-order chi connectivity index (χ1) is 9.67. The summed E-state index contributed by atoms with van der Waals surface area (Å²) in [6.07, 6.45) is 1.82. The molecule has 0 bridgehead atoms. The number of hydrogen-bond donors (Lipinski definition) is 1. The number of aliphatic hydroxyl groups excluding tert-OH is 1. The number of pyridine rings is 1. The number of nitrogens with zero attached hydrogens (tertiary/aromatic N) is 3. The average Bonchev–Trinajstić information content (AvgIpc) is 2.53. The number of aromatic nitrogens is 1. The molecule has 0 amide bonds. The molecule has 0 aliphatic rings. The number of hydrogen-bond acceptors (Lipinski definition) is 4. The monoisotopic (exact) mass is 267 g/mol. The van der Waals surface area contributed by atoms with Gasteiger partial charge in [0.1, 0.15) is 6.07 Å². The van der Waals surface area contributed by atoms with Gasteiger partial charge < -0.3 is 10.0 Å². The minimum atomic E-state index is -0.527. The van der Waals surface area contributed by atoms with Crippen molar-refractivity contribution in [2.24, 2.45) is 0 Å². The molecule has 1 atom stereocenters. The predicted molar refractivity (Wildman–Crippen MR) is 78.7 cm³/mol. The summed E-state index contributed by atoms with van der Waals surface area (Å²) < 4.78 is 0. The Hall–Kier alpha value is -2.38. The number of benzene rings is 1. The molecule has 0 spiro atoms. The second-order valence-corrected chi connectivity index (χ2v) is 4.55. The Kier molecular flexibility index (Phi) is 4.34. The minimum Gasteiger partial charge on any atom is -0.387 e. The van der Waals surface area contributed by atoms with Crippen LogP contribution < -0.4 is 4.90 Å². The van der Waals surface area contributed by atoms with Crippen molar-refractivity contribution in [3.63, 3.8) is 0 Å². The maximum atomic E-state index is 9.74. The van der Waals surface area contributed by atoms with E-state index in [1.165, 1.54) is 0 Å². The molecular weight excluding hydrogens is 250 g/mol. The van der Waals surface area contributed by atoms with Crippen molar-refractivity contribution in [3.05, 3.63) is 53.9 Å². The van der Waals surface area contributed by atoms with Crippen molar-refractivity contribution in [2.45, 2.75) is 19.4 Å². The Labute approximate surface area is 118 Å². The predicted octanol–water partition coefficient (Wildman–Crippen LogP) is 3.16. The fourth-order valence-corrected chi connectivity index (χ4v) is 2.00. The maximum absolute atomic E-state index is 9.74. The van der Waals surface area contributed by atoms with E-state index in [1.807, 2.05) is 49.2 Å². The molecular formula is C16H17N3O. The quantitative estimate of drug-likeness (QED) is 0.924. The highest BCUT2D eigenvalue weighted by atomic mass is 16.3. The van der Waals surface area contributed by atoms with E-state index in [2.05, 4.69) is 11.1 Å². The minimum absolute atomic E-state index is 0.527. The van der Waals surface area contributed by atoms with Crippen molar-refractivity contribution in [2.75, 3.05) is 11.9 Å². The topological polar surface area (TPSA) is 60.1 Å². The van der Waals surface area contributed by atoms with Crippen LogP contribution in [0.2, 0.25) is 0 Å². The second kappa shape index (κ2) is 6.18. The molecule has 1 heterocycles. The van der Waals surface area contributed by atoms with Crippen LogP contribution in [0, 0.1) is 11.3 Å².